The molecule has 0 amide bonds. The Morgan fingerprint density at radius 2 is 1.77 bits per heavy atom. The number of halogens is 2. The fourth-order valence-corrected chi connectivity index (χ4v) is 5.84. The van der Waals surface area contributed by atoms with Gasteiger partial charge in [-0.2, -0.15) is 0 Å². The molecule has 0 bridgehead atoms. The number of hydrogen-bond donors (Lipinski definition) is 1. The normalized spacial score (nSPS) is 22.6. The zero-order chi connectivity index (χ0) is 21.8. The minimum atomic E-state index is -1.18. The summed E-state index contributed by atoms with van der Waals surface area (Å²) in [5.41, 5.74) is 1.05. The van der Waals surface area contributed by atoms with E-state index < -0.39 is 11.4 Å². The SMILES string of the molecule is CC(C)(C)[S+]([O-])N[C@H](CCC1OCCCO1)C1(c2ccc(Cl)c(Cl)c2)CCCCC1. The Labute approximate surface area is 194 Å². The molecule has 1 unspecified atom stereocenters. The summed E-state index contributed by atoms with van der Waals surface area (Å²) in [7, 11) is 0. The van der Waals surface area contributed by atoms with E-state index >= 15 is 0 Å². The van der Waals surface area contributed by atoms with Crippen LogP contribution in [-0.2, 0) is 26.3 Å². The van der Waals surface area contributed by atoms with Crippen molar-refractivity contribution in [1.29, 1.82) is 0 Å². The third-order valence-corrected chi connectivity index (χ3v) is 8.65. The summed E-state index contributed by atoms with van der Waals surface area (Å²) in [6, 6.07) is 6.03. The first-order valence-electron chi connectivity index (χ1n) is 11.1. The lowest BCUT2D eigenvalue weighted by atomic mass is 9.64. The lowest BCUT2D eigenvalue weighted by molar-refractivity contribution is -0.182. The van der Waals surface area contributed by atoms with Gasteiger partial charge in [0.25, 0.3) is 0 Å². The molecule has 1 heterocycles. The van der Waals surface area contributed by atoms with E-state index in [0.717, 1.165) is 58.2 Å². The maximum absolute atomic E-state index is 13.2. The molecule has 1 aromatic rings. The second-order valence-electron chi connectivity index (χ2n) is 9.50. The van der Waals surface area contributed by atoms with Crippen LogP contribution in [0.3, 0.4) is 0 Å². The standard InChI is InChI=1S/C23H35Cl2NO3S/c1-22(2,3)30(27)26-20(10-11-21-28-14-7-15-29-21)23(12-5-4-6-13-23)17-8-9-18(24)19(25)16-17/h8-9,16,20-21,26H,4-7,10-15H2,1-3H3/t20-,30?/m1/s1. The van der Waals surface area contributed by atoms with Crippen LogP contribution in [0.5, 0.6) is 0 Å². The van der Waals surface area contributed by atoms with E-state index in [4.69, 9.17) is 32.7 Å². The van der Waals surface area contributed by atoms with Crippen LogP contribution in [0.1, 0.15) is 77.7 Å². The molecule has 2 fully saturated rings. The van der Waals surface area contributed by atoms with Crippen molar-refractivity contribution in [3.05, 3.63) is 33.8 Å². The molecule has 0 radical (unpaired) electrons. The molecule has 1 aliphatic heterocycles. The van der Waals surface area contributed by atoms with Gasteiger partial charge in [-0.15, -0.1) is 4.72 Å². The van der Waals surface area contributed by atoms with Crippen molar-refractivity contribution in [2.75, 3.05) is 13.2 Å². The van der Waals surface area contributed by atoms with Gasteiger partial charge in [-0.3, -0.25) is 0 Å². The minimum Gasteiger partial charge on any atom is -0.598 e. The summed E-state index contributed by atoms with van der Waals surface area (Å²) >= 11 is 11.5. The number of ether oxygens (including phenoxy) is 2. The Morgan fingerprint density at radius 1 is 1.10 bits per heavy atom. The lowest BCUT2D eigenvalue weighted by Gasteiger charge is -2.45. The molecule has 7 heteroatoms. The first-order valence-corrected chi connectivity index (χ1v) is 13.0. The highest BCUT2D eigenvalue weighted by atomic mass is 35.5. The van der Waals surface area contributed by atoms with Gasteiger partial charge in [-0.05, 0) is 64.2 Å². The van der Waals surface area contributed by atoms with Crippen LogP contribution in [0.4, 0.5) is 0 Å². The predicted molar refractivity (Wildman–Crippen MR) is 126 cm³/mol. The summed E-state index contributed by atoms with van der Waals surface area (Å²) in [6.07, 6.45) is 7.97. The van der Waals surface area contributed by atoms with Crippen molar-refractivity contribution in [2.45, 2.75) is 94.6 Å². The Kier molecular flexibility index (Phi) is 8.82. The molecule has 0 aromatic heterocycles. The molecular weight excluding hydrogens is 441 g/mol. The molecule has 1 N–H and O–H groups in total. The van der Waals surface area contributed by atoms with Crippen LogP contribution in [0.15, 0.2) is 18.2 Å². The van der Waals surface area contributed by atoms with Crippen LogP contribution in [0, 0.1) is 0 Å². The van der Waals surface area contributed by atoms with E-state index in [0.29, 0.717) is 10.0 Å². The Bertz CT molecular complexity index is 686. The first kappa shape index (κ1) is 24.6. The van der Waals surface area contributed by atoms with Gasteiger partial charge in [0.1, 0.15) is 4.75 Å². The van der Waals surface area contributed by atoms with E-state index in [1.54, 1.807) is 0 Å². The van der Waals surface area contributed by atoms with E-state index in [1.807, 2.05) is 32.9 Å². The van der Waals surface area contributed by atoms with Gasteiger partial charge in [0.05, 0.1) is 29.3 Å². The van der Waals surface area contributed by atoms with Crippen molar-refractivity contribution in [3.63, 3.8) is 0 Å². The maximum atomic E-state index is 13.2. The average Bonchev–Trinajstić information content (AvgIpc) is 2.73. The van der Waals surface area contributed by atoms with Crippen molar-refractivity contribution in [2.24, 2.45) is 0 Å². The topological polar surface area (TPSA) is 53.5 Å². The number of hydrogen-bond acceptors (Lipinski definition) is 4. The molecule has 1 aromatic carbocycles. The van der Waals surface area contributed by atoms with E-state index in [-0.39, 0.29) is 22.5 Å². The molecule has 1 saturated heterocycles. The zero-order valence-electron chi connectivity index (χ0n) is 18.3. The van der Waals surface area contributed by atoms with Gasteiger partial charge in [-0.1, -0.05) is 48.5 Å². The van der Waals surface area contributed by atoms with Gasteiger partial charge in [0.15, 0.2) is 6.29 Å². The second kappa shape index (κ2) is 10.7. The second-order valence-corrected chi connectivity index (χ2v) is 12.3. The van der Waals surface area contributed by atoms with Gasteiger partial charge in [0, 0.05) is 23.2 Å². The van der Waals surface area contributed by atoms with Crippen LogP contribution < -0.4 is 4.72 Å². The number of rotatable bonds is 7. The molecule has 1 saturated carbocycles. The van der Waals surface area contributed by atoms with Crippen molar-refractivity contribution < 1.29 is 14.0 Å². The van der Waals surface area contributed by atoms with Crippen molar-refractivity contribution in [1.82, 2.24) is 4.72 Å². The van der Waals surface area contributed by atoms with E-state index in [1.165, 1.54) is 12.0 Å². The largest absolute Gasteiger partial charge is 0.598 e. The molecule has 2 atom stereocenters. The minimum absolute atomic E-state index is 0.0317. The van der Waals surface area contributed by atoms with E-state index in [2.05, 4.69) is 10.8 Å². The number of benzene rings is 1. The molecule has 30 heavy (non-hydrogen) atoms. The summed E-state index contributed by atoms with van der Waals surface area (Å²) in [6.45, 7) is 7.51. The molecule has 2 aliphatic rings. The Hall–Kier alpha value is -0.0100. The molecule has 3 rings (SSSR count). The monoisotopic (exact) mass is 475 g/mol. The molecule has 0 spiro atoms. The summed E-state index contributed by atoms with van der Waals surface area (Å²) in [4.78, 5) is 0. The van der Waals surface area contributed by atoms with Gasteiger partial charge in [0.2, 0.25) is 0 Å². The van der Waals surface area contributed by atoms with Crippen LogP contribution in [0.25, 0.3) is 0 Å². The highest BCUT2D eigenvalue weighted by Gasteiger charge is 2.45. The van der Waals surface area contributed by atoms with Crippen LogP contribution in [0.2, 0.25) is 10.0 Å². The van der Waals surface area contributed by atoms with Gasteiger partial charge >= 0.3 is 0 Å². The molecular formula is C23H35Cl2NO3S. The first-order chi connectivity index (χ1) is 14.2. The Balaban J connectivity index is 1.91. The number of nitrogens with one attached hydrogen (secondary N) is 1. The summed E-state index contributed by atoms with van der Waals surface area (Å²) in [5.74, 6) is 0. The predicted octanol–water partition coefficient (Wildman–Crippen LogP) is 6.16. The molecule has 170 valence electrons. The van der Waals surface area contributed by atoms with Crippen LogP contribution in [-0.4, -0.2) is 34.8 Å². The fourth-order valence-electron chi connectivity index (χ4n) is 4.59. The highest BCUT2D eigenvalue weighted by Crippen LogP contribution is 2.45. The highest BCUT2D eigenvalue weighted by molar-refractivity contribution is 7.90. The summed E-state index contributed by atoms with van der Waals surface area (Å²) in [5, 5.41) is 1.15. The Morgan fingerprint density at radius 3 is 2.37 bits per heavy atom. The quantitative estimate of drug-likeness (QED) is 0.479. The third kappa shape index (κ3) is 6.06. The smallest absolute Gasteiger partial charge is 0.157 e. The van der Waals surface area contributed by atoms with E-state index in [9.17, 15) is 4.55 Å². The zero-order valence-corrected chi connectivity index (χ0v) is 20.7. The summed E-state index contributed by atoms with van der Waals surface area (Å²) < 4.78 is 27.9. The molecule has 4 nitrogen and oxygen atoms in total. The average molecular weight is 477 g/mol. The third-order valence-electron chi connectivity index (χ3n) is 6.30. The lowest BCUT2D eigenvalue weighted by Crippen LogP contribution is -2.55. The van der Waals surface area contributed by atoms with Gasteiger partial charge < -0.3 is 14.0 Å². The van der Waals surface area contributed by atoms with Crippen molar-refractivity contribution >= 4 is 34.6 Å². The van der Waals surface area contributed by atoms with Crippen molar-refractivity contribution in [3.8, 4) is 0 Å². The maximum Gasteiger partial charge on any atom is 0.157 e. The molecule has 1 aliphatic carbocycles. The fraction of sp³-hybridized carbons (Fsp3) is 0.739. The van der Waals surface area contributed by atoms with Gasteiger partial charge in [-0.25, -0.2) is 0 Å². The van der Waals surface area contributed by atoms with Crippen LogP contribution >= 0.6 is 23.2 Å².